The lowest BCUT2D eigenvalue weighted by molar-refractivity contribution is -0.137. The molecule has 0 atom stereocenters. The van der Waals surface area contributed by atoms with Crippen molar-refractivity contribution in [3.8, 4) is 11.6 Å². The summed E-state index contributed by atoms with van der Waals surface area (Å²) in [4.78, 5) is 7.86. The van der Waals surface area contributed by atoms with Gasteiger partial charge in [0.15, 0.2) is 11.6 Å². The van der Waals surface area contributed by atoms with Crippen LogP contribution in [-0.4, -0.2) is 9.97 Å². The quantitative estimate of drug-likeness (QED) is 0.645. The van der Waals surface area contributed by atoms with Crippen LogP contribution in [0.1, 0.15) is 11.1 Å². The van der Waals surface area contributed by atoms with E-state index >= 15 is 0 Å². The molecule has 8 heteroatoms. The fourth-order valence-electron chi connectivity index (χ4n) is 2.18. The van der Waals surface area contributed by atoms with Crippen LogP contribution in [0.4, 0.5) is 23.4 Å². The summed E-state index contributed by atoms with van der Waals surface area (Å²) >= 11 is 0. The monoisotopic (exact) mass is 363 g/mol. The highest BCUT2D eigenvalue weighted by atomic mass is 19.4. The number of nitrogens with zero attached hydrogens (tertiary/aromatic N) is 2. The Morgan fingerprint density at radius 3 is 2.54 bits per heavy atom. The van der Waals surface area contributed by atoms with Gasteiger partial charge < -0.3 is 10.1 Å². The summed E-state index contributed by atoms with van der Waals surface area (Å²) in [5, 5.41) is 2.89. The molecule has 3 rings (SSSR count). The molecule has 3 aromatic rings. The van der Waals surface area contributed by atoms with Crippen LogP contribution in [0, 0.1) is 5.82 Å². The molecule has 0 saturated heterocycles. The first-order chi connectivity index (χ1) is 12.4. The van der Waals surface area contributed by atoms with Crippen molar-refractivity contribution < 1.29 is 22.3 Å². The van der Waals surface area contributed by atoms with E-state index in [0.717, 1.165) is 12.1 Å². The van der Waals surface area contributed by atoms with Gasteiger partial charge in [-0.3, -0.25) is 0 Å². The Kier molecular flexibility index (Phi) is 5.01. The number of benzene rings is 2. The van der Waals surface area contributed by atoms with Crippen molar-refractivity contribution in [2.45, 2.75) is 12.7 Å². The molecule has 0 aliphatic carbocycles. The fourth-order valence-corrected chi connectivity index (χ4v) is 2.18. The molecule has 1 aromatic heterocycles. The first kappa shape index (κ1) is 17.7. The van der Waals surface area contributed by atoms with Gasteiger partial charge in [0.25, 0.3) is 0 Å². The summed E-state index contributed by atoms with van der Waals surface area (Å²) < 4.78 is 57.2. The zero-order valence-electron chi connectivity index (χ0n) is 13.3. The van der Waals surface area contributed by atoms with Crippen LogP contribution in [0.15, 0.2) is 60.9 Å². The Morgan fingerprint density at radius 1 is 0.962 bits per heavy atom. The average molecular weight is 363 g/mol. The summed E-state index contributed by atoms with van der Waals surface area (Å²) in [5.74, 6) is -0.0833. The van der Waals surface area contributed by atoms with Gasteiger partial charge in [-0.05, 0) is 29.8 Å². The maximum Gasteiger partial charge on any atom is 0.416 e. The second-order valence-corrected chi connectivity index (χ2v) is 5.33. The predicted molar refractivity (Wildman–Crippen MR) is 87.3 cm³/mol. The number of aromatic nitrogens is 2. The van der Waals surface area contributed by atoms with Crippen LogP contribution in [0.3, 0.4) is 0 Å². The van der Waals surface area contributed by atoms with E-state index in [1.807, 2.05) is 0 Å². The average Bonchev–Trinajstić information content (AvgIpc) is 2.62. The molecule has 0 aliphatic rings. The molecular weight excluding hydrogens is 350 g/mol. The van der Waals surface area contributed by atoms with Gasteiger partial charge in [0.2, 0.25) is 5.88 Å². The first-order valence-corrected chi connectivity index (χ1v) is 7.56. The number of hydrogen-bond donors (Lipinski definition) is 1. The third kappa shape index (κ3) is 4.47. The zero-order chi connectivity index (χ0) is 18.6. The van der Waals surface area contributed by atoms with Crippen molar-refractivity contribution in [2.75, 3.05) is 5.32 Å². The highest BCUT2D eigenvalue weighted by Gasteiger charge is 2.30. The molecule has 0 bridgehead atoms. The molecule has 1 heterocycles. The largest absolute Gasteiger partial charge is 0.436 e. The third-order valence-electron chi connectivity index (χ3n) is 3.42. The lowest BCUT2D eigenvalue weighted by Crippen LogP contribution is -2.07. The van der Waals surface area contributed by atoms with Crippen LogP contribution in [0.2, 0.25) is 0 Å². The van der Waals surface area contributed by atoms with E-state index < -0.39 is 17.6 Å². The topological polar surface area (TPSA) is 47.0 Å². The van der Waals surface area contributed by atoms with Crippen molar-refractivity contribution in [3.05, 3.63) is 77.9 Å². The van der Waals surface area contributed by atoms with Gasteiger partial charge in [-0.15, -0.1) is 0 Å². The van der Waals surface area contributed by atoms with Crippen LogP contribution in [0.5, 0.6) is 11.6 Å². The van der Waals surface area contributed by atoms with Crippen LogP contribution in [0.25, 0.3) is 0 Å². The number of ether oxygens (including phenoxy) is 1. The molecule has 0 aliphatic heterocycles. The zero-order valence-corrected chi connectivity index (χ0v) is 13.3. The minimum atomic E-state index is -4.40. The Bertz CT molecular complexity index is 899. The van der Waals surface area contributed by atoms with Crippen molar-refractivity contribution in [2.24, 2.45) is 0 Å². The molecule has 0 amide bonds. The van der Waals surface area contributed by atoms with Crippen molar-refractivity contribution in [1.29, 1.82) is 0 Å². The second-order valence-electron chi connectivity index (χ2n) is 5.33. The van der Waals surface area contributed by atoms with Gasteiger partial charge in [0.05, 0.1) is 5.56 Å². The third-order valence-corrected chi connectivity index (χ3v) is 3.42. The standard InChI is InChI=1S/C18H13F4N3O/c19-14-6-1-2-7-15(14)26-17-9-16(24-11-25-17)23-10-12-4-3-5-13(8-12)18(20,21)22/h1-9,11H,10H2,(H,23,24,25). The van der Waals surface area contributed by atoms with Gasteiger partial charge in [-0.1, -0.05) is 24.3 Å². The Morgan fingerprint density at radius 2 is 1.77 bits per heavy atom. The molecule has 1 N–H and O–H groups in total. The number of para-hydroxylation sites is 1. The molecule has 0 spiro atoms. The van der Waals surface area contributed by atoms with Gasteiger partial charge in [0.1, 0.15) is 12.1 Å². The van der Waals surface area contributed by atoms with Crippen molar-refractivity contribution >= 4 is 5.82 Å². The van der Waals surface area contributed by atoms with E-state index in [1.165, 1.54) is 36.7 Å². The maximum atomic E-state index is 13.6. The number of rotatable bonds is 5. The Labute approximate surface area is 146 Å². The highest BCUT2D eigenvalue weighted by molar-refractivity contribution is 5.40. The summed E-state index contributed by atoms with van der Waals surface area (Å²) in [7, 11) is 0. The first-order valence-electron chi connectivity index (χ1n) is 7.56. The molecule has 0 radical (unpaired) electrons. The summed E-state index contributed by atoms with van der Waals surface area (Å²) in [5.41, 5.74) is -0.280. The van der Waals surface area contributed by atoms with Crippen LogP contribution in [-0.2, 0) is 12.7 Å². The minimum Gasteiger partial charge on any atom is -0.436 e. The summed E-state index contributed by atoms with van der Waals surface area (Å²) in [6.07, 6.45) is -3.18. The molecule has 0 saturated carbocycles. The molecule has 2 aromatic carbocycles. The van der Waals surface area contributed by atoms with E-state index in [-0.39, 0.29) is 18.2 Å². The predicted octanol–water partition coefficient (Wildman–Crippen LogP) is 5.04. The lowest BCUT2D eigenvalue weighted by Gasteiger charge is -2.10. The van der Waals surface area contributed by atoms with E-state index in [2.05, 4.69) is 15.3 Å². The number of hydrogen-bond acceptors (Lipinski definition) is 4. The summed E-state index contributed by atoms with van der Waals surface area (Å²) in [6.45, 7) is 0.125. The number of alkyl halides is 3. The SMILES string of the molecule is Fc1ccccc1Oc1cc(NCc2cccc(C(F)(F)F)c2)ncn1. The van der Waals surface area contributed by atoms with E-state index in [0.29, 0.717) is 11.4 Å². The molecule has 26 heavy (non-hydrogen) atoms. The molecule has 0 fully saturated rings. The van der Waals surface area contributed by atoms with Crippen molar-refractivity contribution in [3.63, 3.8) is 0 Å². The van der Waals surface area contributed by atoms with E-state index in [4.69, 9.17) is 4.74 Å². The molecule has 0 unspecified atom stereocenters. The van der Waals surface area contributed by atoms with Crippen LogP contribution >= 0.6 is 0 Å². The highest BCUT2D eigenvalue weighted by Crippen LogP contribution is 2.29. The Hall–Kier alpha value is -3.16. The fraction of sp³-hybridized carbons (Fsp3) is 0.111. The maximum absolute atomic E-state index is 13.6. The van der Waals surface area contributed by atoms with Gasteiger partial charge in [-0.2, -0.15) is 13.2 Å². The number of anilines is 1. The number of nitrogens with one attached hydrogen (secondary N) is 1. The van der Waals surface area contributed by atoms with Gasteiger partial charge in [0, 0.05) is 12.6 Å². The van der Waals surface area contributed by atoms with E-state index in [1.54, 1.807) is 12.1 Å². The smallest absolute Gasteiger partial charge is 0.416 e. The molecule has 134 valence electrons. The number of halogens is 4. The normalized spacial score (nSPS) is 11.2. The van der Waals surface area contributed by atoms with Crippen molar-refractivity contribution in [1.82, 2.24) is 9.97 Å². The second kappa shape index (κ2) is 7.38. The summed E-state index contributed by atoms with van der Waals surface area (Å²) in [6, 6.07) is 12.3. The molecule has 4 nitrogen and oxygen atoms in total. The Balaban J connectivity index is 1.69. The molecular formula is C18H13F4N3O. The van der Waals surface area contributed by atoms with Gasteiger partial charge in [-0.25, -0.2) is 14.4 Å². The van der Waals surface area contributed by atoms with Crippen LogP contribution < -0.4 is 10.1 Å². The van der Waals surface area contributed by atoms with E-state index in [9.17, 15) is 17.6 Å². The van der Waals surface area contributed by atoms with Gasteiger partial charge >= 0.3 is 6.18 Å². The lowest BCUT2D eigenvalue weighted by atomic mass is 10.1. The minimum absolute atomic E-state index is 0.00929.